The van der Waals surface area contributed by atoms with E-state index in [1.807, 2.05) is 7.05 Å². The van der Waals surface area contributed by atoms with E-state index in [0.29, 0.717) is 42.5 Å². The van der Waals surface area contributed by atoms with Crippen LogP contribution in [0.2, 0.25) is 5.02 Å². The van der Waals surface area contributed by atoms with Crippen molar-refractivity contribution in [3.05, 3.63) is 47.6 Å². The lowest BCUT2D eigenvalue weighted by Gasteiger charge is -2.35. The van der Waals surface area contributed by atoms with E-state index in [-0.39, 0.29) is 5.91 Å². The molecule has 0 unspecified atom stereocenters. The molecule has 28 heavy (non-hydrogen) atoms. The number of nitrogens with zero attached hydrogens (tertiary/aromatic N) is 6. The second kappa shape index (κ2) is 6.49. The van der Waals surface area contributed by atoms with Gasteiger partial charge in [0.2, 0.25) is 0 Å². The smallest absolute Gasteiger partial charge is 0.289 e. The predicted molar refractivity (Wildman–Crippen MR) is 106 cm³/mol. The lowest BCUT2D eigenvalue weighted by molar-refractivity contribution is 0.0717. The van der Waals surface area contributed by atoms with Crippen molar-refractivity contribution in [1.29, 1.82) is 0 Å². The van der Waals surface area contributed by atoms with Crippen LogP contribution in [-0.4, -0.2) is 56.7 Å². The van der Waals surface area contributed by atoms with Crippen molar-refractivity contribution in [2.45, 2.75) is 0 Å². The number of aromatic nitrogens is 4. The molecule has 1 aromatic carbocycles. The predicted octanol–water partition coefficient (Wildman–Crippen LogP) is 2.73. The minimum Gasteiger partial charge on any atom is -0.451 e. The monoisotopic (exact) mass is 396 g/mol. The summed E-state index contributed by atoms with van der Waals surface area (Å²) in [6, 6.07) is 7.07. The van der Waals surface area contributed by atoms with Crippen LogP contribution in [0.5, 0.6) is 0 Å². The molecular formula is C19H17ClN6O2. The lowest BCUT2D eigenvalue weighted by atomic mass is 10.2. The molecule has 3 aromatic heterocycles. The van der Waals surface area contributed by atoms with Crippen LogP contribution in [0.25, 0.3) is 22.0 Å². The van der Waals surface area contributed by atoms with Gasteiger partial charge in [0.05, 0.1) is 11.6 Å². The molecule has 1 aliphatic rings. The first-order valence-corrected chi connectivity index (χ1v) is 9.34. The van der Waals surface area contributed by atoms with Crippen LogP contribution < -0.4 is 4.90 Å². The van der Waals surface area contributed by atoms with Gasteiger partial charge >= 0.3 is 0 Å². The third-order valence-electron chi connectivity index (χ3n) is 5.06. The third kappa shape index (κ3) is 2.77. The van der Waals surface area contributed by atoms with E-state index in [1.165, 1.54) is 0 Å². The first kappa shape index (κ1) is 17.0. The van der Waals surface area contributed by atoms with Crippen LogP contribution in [-0.2, 0) is 7.05 Å². The zero-order valence-corrected chi connectivity index (χ0v) is 15.9. The molecule has 0 radical (unpaired) electrons. The molecule has 1 aliphatic heterocycles. The Morgan fingerprint density at radius 1 is 1.14 bits per heavy atom. The van der Waals surface area contributed by atoms with Crippen LogP contribution >= 0.6 is 11.6 Å². The summed E-state index contributed by atoms with van der Waals surface area (Å²) in [5, 5.41) is 6.62. The number of carbonyl (C=O) groups excluding carboxylic acids is 1. The molecule has 4 aromatic rings. The molecule has 5 rings (SSSR count). The van der Waals surface area contributed by atoms with Crippen molar-refractivity contribution in [2.24, 2.45) is 7.05 Å². The average Bonchev–Trinajstić information content (AvgIpc) is 3.31. The molecule has 4 heterocycles. The highest BCUT2D eigenvalue weighted by Gasteiger charge is 2.26. The molecule has 0 saturated carbocycles. The summed E-state index contributed by atoms with van der Waals surface area (Å²) < 4.78 is 7.45. The van der Waals surface area contributed by atoms with E-state index in [1.54, 1.807) is 46.4 Å². The van der Waals surface area contributed by atoms with Crippen LogP contribution in [0.3, 0.4) is 0 Å². The van der Waals surface area contributed by atoms with Crippen molar-refractivity contribution < 1.29 is 9.21 Å². The molecule has 0 bridgehead atoms. The van der Waals surface area contributed by atoms with Crippen molar-refractivity contribution in [3.63, 3.8) is 0 Å². The van der Waals surface area contributed by atoms with Gasteiger partial charge in [0.1, 0.15) is 17.7 Å². The fourth-order valence-corrected chi connectivity index (χ4v) is 3.78. The number of furan rings is 1. The number of carbonyl (C=O) groups is 1. The number of hydrogen-bond donors (Lipinski definition) is 0. The van der Waals surface area contributed by atoms with Crippen LogP contribution in [0.15, 0.2) is 41.2 Å². The van der Waals surface area contributed by atoms with Gasteiger partial charge in [-0.15, -0.1) is 0 Å². The number of fused-ring (bicyclic) bond motifs is 2. The first-order chi connectivity index (χ1) is 13.6. The second-order valence-electron chi connectivity index (χ2n) is 6.77. The molecule has 0 aliphatic carbocycles. The minimum atomic E-state index is -0.110. The van der Waals surface area contributed by atoms with Crippen LogP contribution in [0.1, 0.15) is 10.6 Å². The Bertz CT molecular complexity index is 1190. The number of hydrogen-bond acceptors (Lipinski definition) is 6. The molecule has 142 valence electrons. The number of anilines is 1. The summed E-state index contributed by atoms with van der Waals surface area (Å²) in [7, 11) is 1.86. The zero-order chi connectivity index (χ0) is 19.3. The summed E-state index contributed by atoms with van der Waals surface area (Å²) in [6.45, 7) is 2.53. The Labute approximate surface area is 165 Å². The fraction of sp³-hybridized carbons (Fsp3) is 0.263. The average molecular weight is 397 g/mol. The molecule has 9 heteroatoms. The number of aryl methyl sites for hydroxylation is 1. The molecular weight excluding hydrogens is 380 g/mol. The maximum Gasteiger partial charge on any atom is 0.289 e. The minimum absolute atomic E-state index is 0.110. The fourth-order valence-electron chi connectivity index (χ4n) is 3.60. The number of rotatable bonds is 2. The summed E-state index contributed by atoms with van der Waals surface area (Å²) in [6.07, 6.45) is 3.33. The Kier molecular flexibility index (Phi) is 3.94. The van der Waals surface area contributed by atoms with Crippen LogP contribution in [0, 0.1) is 0 Å². The Balaban J connectivity index is 1.34. The Hall–Kier alpha value is -3.13. The molecule has 0 atom stereocenters. The van der Waals surface area contributed by atoms with Crippen molar-refractivity contribution in [2.75, 3.05) is 31.1 Å². The zero-order valence-electron chi connectivity index (χ0n) is 15.2. The Morgan fingerprint density at radius 3 is 2.79 bits per heavy atom. The van der Waals surface area contributed by atoms with Gasteiger partial charge in [-0.1, -0.05) is 11.6 Å². The molecule has 0 N–H and O–H groups in total. The van der Waals surface area contributed by atoms with Crippen molar-refractivity contribution >= 4 is 45.3 Å². The molecule has 1 amide bonds. The van der Waals surface area contributed by atoms with E-state index >= 15 is 0 Å². The maximum atomic E-state index is 12.9. The van der Waals surface area contributed by atoms with Crippen molar-refractivity contribution in [3.8, 4) is 0 Å². The highest BCUT2D eigenvalue weighted by Crippen LogP contribution is 2.26. The highest BCUT2D eigenvalue weighted by molar-refractivity contribution is 6.31. The number of amides is 1. The third-order valence-corrected chi connectivity index (χ3v) is 5.30. The van der Waals surface area contributed by atoms with Gasteiger partial charge in [0.15, 0.2) is 11.4 Å². The molecule has 1 fully saturated rings. The van der Waals surface area contributed by atoms with Gasteiger partial charge in [-0.2, -0.15) is 5.10 Å². The molecule has 0 spiro atoms. The summed E-state index contributed by atoms with van der Waals surface area (Å²) in [5.41, 5.74) is 1.45. The van der Waals surface area contributed by atoms with Crippen LogP contribution in [0.4, 0.5) is 5.82 Å². The van der Waals surface area contributed by atoms with Gasteiger partial charge in [0, 0.05) is 43.6 Å². The van der Waals surface area contributed by atoms with E-state index in [0.717, 1.165) is 22.2 Å². The quantitative estimate of drug-likeness (QED) is 0.518. The van der Waals surface area contributed by atoms with Gasteiger partial charge < -0.3 is 14.2 Å². The van der Waals surface area contributed by atoms with E-state index < -0.39 is 0 Å². The summed E-state index contributed by atoms with van der Waals surface area (Å²) >= 11 is 6.01. The summed E-state index contributed by atoms with van der Waals surface area (Å²) in [4.78, 5) is 25.5. The molecule has 8 nitrogen and oxygen atoms in total. The maximum absolute atomic E-state index is 12.9. The topological polar surface area (TPSA) is 80.3 Å². The first-order valence-electron chi connectivity index (χ1n) is 8.96. The van der Waals surface area contributed by atoms with Gasteiger partial charge in [-0.3, -0.25) is 9.48 Å². The van der Waals surface area contributed by atoms with E-state index in [2.05, 4.69) is 20.0 Å². The van der Waals surface area contributed by atoms with Crippen molar-refractivity contribution in [1.82, 2.24) is 24.6 Å². The standard InChI is InChI=1S/C19H17ClN6O2/c1-24-17-14(10-23-24)18(22-11-21-17)25-4-6-26(7-5-25)19(27)16-9-12-8-13(20)2-3-15(12)28-16/h2-3,8-11H,4-7H2,1H3. The summed E-state index contributed by atoms with van der Waals surface area (Å²) in [5.74, 6) is 1.08. The number of halogens is 1. The lowest BCUT2D eigenvalue weighted by Crippen LogP contribution is -2.49. The largest absolute Gasteiger partial charge is 0.451 e. The SMILES string of the molecule is Cn1ncc2c(N3CCN(C(=O)c4cc5cc(Cl)ccc5o4)CC3)ncnc21. The Morgan fingerprint density at radius 2 is 1.96 bits per heavy atom. The van der Waals surface area contributed by atoms with E-state index in [4.69, 9.17) is 16.0 Å². The highest BCUT2D eigenvalue weighted by atomic mass is 35.5. The number of piperazine rings is 1. The van der Waals surface area contributed by atoms with E-state index in [9.17, 15) is 4.79 Å². The van der Waals surface area contributed by atoms with Gasteiger partial charge in [-0.25, -0.2) is 9.97 Å². The van der Waals surface area contributed by atoms with Gasteiger partial charge in [0.25, 0.3) is 5.91 Å². The normalized spacial score (nSPS) is 14.9. The van der Waals surface area contributed by atoms with Gasteiger partial charge in [-0.05, 0) is 24.3 Å². The number of benzene rings is 1. The molecule has 1 saturated heterocycles. The second-order valence-corrected chi connectivity index (χ2v) is 7.21.